The molecule has 2 aromatic carbocycles. The van der Waals surface area contributed by atoms with Gasteiger partial charge < -0.3 is 9.47 Å². The molecular weight excluding hydrogens is 344 g/mol. The first-order valence-corrected chi connectivity index (χ1v) is 8.48. The number of rotatable bonds is 6. The van der Waals surface area contributed by atoms with Crippen molar-refractivity contribution in [3.8, 4) is 0 Å². The molecule has 138 valence electrons. The third-order valence-electron chi connectivity index (χ3n) is 4.23. The summed E-state index contributed by atoms with van der Waals surface area (Å²) in [5.41, 5.74) is 3.26. The third kappa shape index (κ3) is 4.61. The summed E-state index contributed by atoms with van der Waals surface area (Å²) in [7, 11) is 2.75. The molecule has 0 fully saturated rings. The number of esters is 2. The molecule has 0 radical (unpaired) electrons. The molecule has 0 atom stereocenters. The first kappa shape index (κ1) is 18.4. The van der Waals surface area contributed by atoms with E-state index in [-0.39, 0.29) is 11.9 Å². The molecule has 0 spiro atoms. The van der Waals surface area contributed by atoms with Gasteiger partial charge in [-0.15, -0.1) is 0 Å². The summed E-state index contributed by atoms with van der Waals surface area (Å²) < 4.78 is 13.5. The van der Waals surface area contributed by atoms with Gasteiger partial charge in [-0.25, -0.2) is 18.7 Å². The van der Waals surface area contributed by atoms with Crippen LogP contribution in [-0.4, -0.2) is 30.7 Å². The summed E-state index contributed by atoms with van der Waals surface area (Å²) in [6.07, 6.45) is 6.01. The highest BCUT2D eigenvalue weighted by molar-refractivity contribution is 5.89. The number of nitrogens with zero attached hydrogens (tertiary/aromatic N) is 2. The highest BCUT2D eigenvalue weighted by Crippen LogP contribution is 2.08. The van der Waals surface area contributed by atoms with Crippen molar-refractivity contribution in [2.24, 2.45) is 0 Å². The Morgan fingerprint density at radius 3 is 1.89 bits per heavy atom. The van der Waals surface area contributed by atoms with Gasteiger partial charge in [-0.2, -0.15) is 0 Å². The molecule has 0 saturated carbocycles. The second-order valence-corrected chi connectivity index (χ2v) is 6.14. The minimum absolute atomic E-state index is 0.335. The molecule has 1 aromatic heterocycles. The highest BCUT2D eigenvalue weighted by Gasteiger charge is 2.09. The molecule has 27 heavy (non-hydrogen) atoms. The Labute approximate surface area is 157 Å². The molecule has 0 N–H and O–H groups in total. The average Bonchev–Trinajstić information content (AvgIpc) is 3.14. The number of hydrogen-bond acceptors (Lipinski definition) is 4. The van der Waals surface area contributed by atoms with E-state index >= 15 is 0 Å². The van der Waals surface area contributed by atoms with Crippen LogP contribution in [0.4, 0.5) is 0 Å². The van der Waals surface area contributed by atoms with Crippen LogP contribution in [0.15, 0.2) is 67.3 Å². The van der Waals surface area contributed by atoms with Crippen LogP contribution in [0, 0.1) is 0 Å². The van der Waals surface area contributed by atoms with Gasteiger partial charge >= 0.3 is 11.9 Å². The first-order chi connectivity index (χ1) is 13.1. The van der Waals surface area contributed by atoms with Gasteiger partial charge in [0.15, 0.2) is 0 Å². The van der Waals surface area contributed by atoms with E-state index in [4.69, 9.17) is 9.47 Å². The van der Waals surface area contributed by atoms with E-state index < -0.39 is 0 Å². The van der Waals surface area contributed by atoms with Crippen molar-refractivity contribution in [2.75, 3.05) is 14.2 Å². The largest absolute Gasteiger partial charge is 0.465 e. The lowest BCUT2D eigenvalue weighted by molar-refractivity contribution is -0.687. The van der Waals surface area contributed by atoms with Crippen LogP contribution in [0.25, 0.3) is 0 Å². The minimum atomic E-state index is -0.335. The number of aromatic nitrogens is 2. The molecule has 0 saturated heterocycles. The second-order valence-electron chi connectivity index (χ2n) is 6.14. The number of hydrogen-bond donors (Lipinski definition) is 0. The number of carbonyl (C=O) groups excluding carboxylic acids is 2. The van der Waals surface area contributed by atoms with Crippen molar-refractivity contribution >= 4 is 11.9 Å². The summed E-state index contributed by atoms with van der Waals surface area (Å²) in [6, 6.07) is 14.7. The smallest absolute Gasteiger partial charge is 0.337 e. The normalized spacial score (nSPS) is 10.4. The fourth-order valence-corrected chi connectivity index (χ4v) is 2.78. The minimum Gasteiger partial charge on any atom is -0.465 e. The highest BCUT2D eigenvalue weighted by atomic mass is 16.5. The molecule has 0 aliphatic heterocycles. The van der Waals surface area contributed by atoms with E-state index in [2.05, 4.69) is 9.13 Å². The fourth-order valence-electron chi connectivity index (χ4n) is 2.78. The summed E-state index contributed by atoms with van der Waals surface area (Å²) >= 11 is 0. The van der Waals surface area contributed by atoms with E-state index in [9.17, 15) is 9.59 Å². The molecule has 0 aliphatic rings. The Morgan fingerprint density at radius 2 is 1.37 bits per heavy atom. The first-order valence-electron chi connectivity index (χ1n) is 8.48. The van der Waals surface area contributed by atoms with Crippen molar-refractivity contribution in [3.63, 3.8) is 0 Å². The maximum Gasteiger partial charge on any atom is 0.337 e. The predicted octanol–water partition coefficient (Wildman–Crippen LogP) is 2.45. The van der Waals surface area contributed by atoms with Gasteiger partial charge in [-0.3, -0.25) is 0 Å². The van der Waals surface area contributed by atoms with Gasteiger partial charge in [0.1, 0.15) is 25.5 Å². The summed E-state index contributed by atoms with van der Waals surface area (Å²) in [6.45, 7) is 1.41. The Hall–Kier alpha value is -3.41. The molecule has 0 bridgehead atoms. The van der Waals surface area contributed by atoms with E-state index in [0.717, 1.165) is 11.1 Å². The van der Waals surface area contributed by atoms with Gasteiger partial charge in [-0.05, 0) is 35.4 Å². The molecule has 0 aliphatic carbocycles. The number of carbonyl (C=O) groups is 2. The fraction of sp³-hybridized carbons (Fsp3) is 0.190. The average molecular weight is 365 g/mol. The van der Waals surface area contributed by atoms with Crippen LogP contribution in [0.2, 0.25) is 0 Å². The number of ether oxygens (including phenoxy) is 2. The van der Waals surface area contributed by atoms with Crippen LogP contribution >= 0.6 is 0 Å². The lowest BCUT2D eigenvalue weighted by Crippen LogP contribution is -2.31. The third-order valence-corrected chi connectivity index (χ3v) is 4.23. The number of benzene rings is 2. The topological polar surface area (TPSA) is 61.4 Å². The Morgan fingerprint density at radius 1 is 0.852 bits per heavy atom. The van der Waals surface area contributed by atoms with Crippen LogP contribution in [-0.2, 0) is 22.6 Å². The number of imidazole rings is 1. The summed E-state index contributed by atoms with van der Waals surface area (Å²) in [5.74, 6) is -0.669. The van der Waals surface area contributed by atoms with E-state index in [1.165, 1.54) is 14.2 Å². The van der Waals surface area contributed by atoms with E-state index in [1.807, 2.05) is 43.0 Å². The molecule has 1 heterocycles. The molecule has 0 amide bonds. The van der Waals surface area contributed by atoms with Gasteiger partial charge in [0.25, 0.3) is 0 Å². The van der Waals surface area contributed by atoms with Gasteiger partial charge in [-0.1, -0.05) is 24.3 Å². The summed E-state index contributed by atoms with van der Waals surface area (Å²) in [4.78, 5) is 23.0. The number of methoxy groups -OCH3 is 2. The Balaban J connectivity index is 1.63. The van der Waals surface area contributed by atoms with Gasteiger partial charge in [0.2, 0.25) is 6.33 Å². The zero-order valence-corrected chi connectivity index (χ0v) is 15.3. The van der Waals surface area contributed by atoms with Gasteiger partial charge in [0.05, 0.1) is 25.3 Å². The lowest BCUT2D eigenvalue weighted by Gasteiger charge is -2.02. The maximum absolute atomic E-state index is 11.5. The van der Waals surface area contributed by atoms with Crippen molar-refractivity contribution in [1.82, 2.24) is 4.57 Å². The van der Waals surface area contributed by atoms with Crippen molar-refractivity contribution in [2.45, 2.75) is 13.1 Å². The molecule has 6 heteroatoms. The molecule has 3 aromatic rings. The molecule has 6 nitrogen and oxygen atoms in total. The lowest BCUT2D eigenvalue weighted by atomic mass is 10.1. The van der Waals surface area contributed by atoms with E-state index in [0.29, 0.717) is 24.2 Å². The zero-order chi connectivity index (χ0) is 19.2. The van der Waals surface area contributed by atoms with Crippen molar-refractivity contribution in [1.29, 1.82) is 0 Å². The van der Waals surface area contributed by atoms with Crippen molar-refractivity contribution < 1.29 is 23.6 Å². The zero-order valence-electron chi connectivity index (χ0n) is 15.3. The maximum atomic E-state index is 11.5. The van der Waals surface area contributed by atoms with Crippen molar-refractivity contribution in [3.05, 3.63) is 89.5 Å². The molecule has 3 rings (SSSR count). The van der Waals surface area contributed by atoms with Crippen LogP contribution < -0.4 is 4.57 Å². The molecular formula is C21H21N2O4+. The summed E-state index contributed by atoms with van der Waals surface area (Å²) in [5, 5.41) is 0. The van der Waals surface area contributed by atoms with Crippen LogP contribution in [0.1, 0.15) is 31.8 Å². The standard InChI is InChI=1S/C21H21N2O4/c1-26-20(24)18-7-3-16(4-8-18)13-22-11-12-23(15-22)14-17-5-9-19(10-6-17)21(25)27-2/h3-12,15H,13-14H2,1-2H3/q+1. The Kier molecular flexibility index (Phi) is 5.66. The Bertz CT molecular complexity index is 852. The predicted molar refractivity (Wildman–Crippen MR) is 98.4 cm³/mol. The monoisotopic (exact) mass is 365 g/mol. The molecule has 0 unspecified atom stereocenters. The van der Waals surface area contributed by atoms with E-state index in [1.54, 1.807) is 24.3 Å². The van der Waals surface area contributed by atoms with Gasteiger partial charge in [0, 0.05) is 0 Å². The second kappa shape index (κ2) is 8.31. The van der Waals surface area contributed by atoms with Crippen LogP contribution in [0.5, 0.6) is 0 Å². The van der Waals surface area contributed by atoms with Crippen LogP contribution in [0.3, 0.4) is 0 Å². The quantitative estimate of drug-likeness (QED) is 0.497. The SMILES string of the molecule is COC(=O)c1ccc(Cn2cc[n+](Cc3ccc(C(=O)OC)cc3)c2)cc1.